The van der Waals surface area contributed by atoms with E-state index >= 15 is 0 Å². The van der Waals surface area contributed by atoms with Crippen LogP contribution in [0.15, 0.2) is 60.7 Å². The van der Waals surface area contributed by atoms with Crippen LogP contribution in [0.25, 0.3) is 22.2 Å². The minimum atomic E-state index is -2.67. The van der Waals surface area contributed by atoms with Crippen molar-refractivity contribution in [2.24, 2.45) is 0 Å². The normalized spacial score (nSPS) is 20.9. The predicted octanol–water partition coefficient (Wildman–Crippen LogP) is 5.65. The summed E-state index contributed by atoms with van der Waals surface area (Å²) in [5.74, 6) is -0.152. The summed E-state index contributed by atoms with van der Waals surface area (Å²) in [5.41, 5.74) is 5.11. The summed E-state index contributed by atoms with van der Waals surface area (Å²) >= 11 is 0. The number of imidazole rings is 1. The van der Waals surface area contributed by atoms with Gasteiger partial charge in [-0.2, -0.15) is 0 Å². The van der Waals surface area contributed by atoms with Gasteiger partial charge in [0.2, 0.25) is 0 Å². The molecule has 2 bridgehead atoms. The number of fused-ring (bicyclic) bond motifs is 9. The third kappa shape index (κ3) is 3.20. The molecule has 0 saturated carbocycles. The summed E-state index contributed by atoms with van der Waals surface area (Å²) in [6.07, 6.45) is 0.868. The molecular weight excluding hydrogens is 445 g/mol. The van der Waals surface area contributed by atoms with E-state index in [9.17, 15) is 14.5 Å². The van der Waals surface area contributed by atoms with Gasteiger partial charge in [0.25, 0.3) is 5.91 Å². The summed E-state index contributed by atoms with van der Waals surface area (Å²) in [6, 6.07) is 17.4. The van der Waals surface area contributed by atoms with Crippen molar-refractivity contribution >= 4 is 24.1 Å². The average Bonchev–Trinajstić information content (AvgIpc) is 3.30. The summed E-state index contributed by atoms with van der Waals surface area (Å²) in [5, 5.41) is 10.8. The van der Waals surface area contributed by atoms with E-state index in [1.54, 1.807) is 25.5 Å². The van der Waals surface area contributed by atoms with Crippen molar-refractivity contribution in [3.8, 4) is 16.9 Å². The van der Waals surface area contributed by atoms with Crippen molar-refractivity contribution in [1.82, 2.24) is 14.5 Å². The van der Waals surface area contributed by atoms with Gasteiger partial charge in [-0.15, -0.1) is 0 Å². The lowest BCUT2D eigenvalue weighted by Crippen LogP contribution is -2.30. The van der Waals surface area contributed by atoms with Crippen molar-refractivity contribution in [3.63, 3.8) is 0 Å². The van der Waals surface area contributed by atoms with Gasteiger partial charge in [-0.1, -0.05) is 36.4 Å². The number of hydrogen-bond acceptors (Lipinski definition) is 4. The minimum Gasteiger partial charge on any atom is -0.508 e. The number of aromatic nitrogens is 2. The number of phenols is 1. The molecule has 2 aliphatic rings. The van der Waals surface area contributed by atoms with Gasteiger partial charge in [-0.3, -0.25) is 4.79 Å². The van der Waals surface area contributed by atoms with E-state index in [2.05, 4.69) is 0 Å². The Hall–Kier alpha value is -3.37. The van der Waals surface area contributed by atoms with E-state index in [-0.39, 0.29) is 11.3 Å². The van der Waals surface area contributed by atoms with Crippen LogP contribution in [0.5, 0.6) is 5.75 Å². The lowest BCUT2D eigenvalue weighted by Gasteiger charge is -2.24. The van der Waals surface area contributed by atoms with E-state index < -0.39 is 32.1 Å². The molecule has 3 aromatic carbocycles. The molecule has 1 aromatic heterocycles. The number of aromatic hydroxyl groups is 1. The van der Waals surface area contributed by atoms with Crippen molar-refractivity contribution in [2.45, 2.75) is 24.7 Å². The van der Waals surface area contributed by atoms with E-state index in [1.807, 2.05) is 47.0 Å². The summed E-state index contributed by atoms with van der Waals surface area (Å²) < 4.78 is 38.5. The van der Waals surface area contributed by atoms with Crippen LogP contribution < -0.4 is 0 Å². The van der Waals surface area contributed by atoms with Gasteiger partial charge in [0, 0.05) is 34.8 Å². The Morgan fingerprint density at radius 3 is 2.59 bits per heavy atom. The first-order chi connectivity index (χ1) is 17.4. The average molecular weight is 475 g/mol. The molecule has 4 aromatic rings. The van der Waals surface area contributed by atoms with Crippen LogP contribution in [0.3, 0.4) is 0 Å². The molecule has 0 unspecified atom stereocenters. The first kappa shape index (κ1) is 18.0. The Balaban J connectivity index is 1.51. The molecule has 1 amide bonds. The van der Waals surface area contributed by atoms with Gasteiger partial charge in [0.15, 0.2) is 0 Å². The zero-order valence-corrected chi connectivity index (χ0v) is 19.8. The van der Waals surface area contributed by atoms with Crippen molar-refractivity contribution in [3.05, 3.63) is 83.2 Å². The molecule has 0 aliphatic carbocycles. The molecule has 6 nitrogen and oxygen atoms in total. The number of hydrogen-bond donors (Lipinski definition) is 1. The Kier molecular flexibility index (Phi) is 3.88. The number of amides is 1. The van der Waals surface area contributed by atoms with Crippen LogP contribution in [-0.4, -0.2) is 45.8 Å². The lowest BCUT2D eigenvalue weighted by atomic mass is 9.97. The zero-order chi connectivity index (χ0) is 26.3. The van der Waals surface area contributed by atoms with E-state index in [1.165, 1.54) is 6.07 Å². The highest BCUT2D eigenvalue weighted by Gasteiger charge is 2.44. The summed E-state index contributed by atoms with van der Waals surface area (Å²) in [6.45, 7) is 0.898. The molecule has 34 heavy (non-hydrogen) atoms. The lowest BCUT2D eigenvalue weighted by molar-refractivity contribution is 0.0734. The molecule has 3 heterocycles. The summed E-state index contributed by atoms with van der Waals surface area (Å²) in [4.78, 5) is 19.1. The van der Waals surface area contributed by atoms with Gasteiger partial charge in [0.1, 0.15) is 11.6 Å². The second kappa shape index (κ2) is 7.31. The van der Waals surface area contributed by atoms with E-state index in [0.717, 1.165) is 27.1 Å². The van der Waals surface area contributed by atoms with Crippen LogP contribution >= 0.6 is 7.14 Å². The Bertz CT molecular complexity index is 1620. The minimum absolute atomic E-state index is 0.0347. The van der Waals surface area contributed by atoms with Crippen molar-refractivity contribution in [2.75, 3.05) is 20.3 Å². The molecule has 0 fully saturated rings. The molecule has 1 N–H and O–H groups in total. The number of nitrogens with zero attached hydrogens (tertiary/aromatic N) is 3. The molecule has 2 atom stereocenters. The standard InChI is InChI=1S/C27H26N3O3P/c1-29-23-14-22(25-19(27(29)32)5-4-6-24(25)31)30-21-13-18(11-12-20(21)28-26(23)30)17-9-7-16(8-10-17)15-34(2,3)33/h4-13,22-23,31H,14-15H2,1-3H3/t22-,23-/m1/s1/i1D3. The number of phenolic OH excluding ortho intramolecular Hbond substituents is 1. The van der Waals surface area contributed by atoms with Crippen LogP contribution in [-0.2, 0) is 10.7 Å². The first-order valence-electron chi connectivity index (χ1n) is 12.7. The zero-order valence-electron chi connectivity index (χ0n) is 21.9. The van der Waals surface area contributed by atoms with E-state index in [4.69, 9.17) is 9.10 Å². The Labute approximate surface area is 202 Å². The van der Waals surface area contributed by atoms with Crippen LogP contribution in [0.1, 0.15) is 49.9 Å². The maximum absolute atomic E-state index is 13.4. The van der Waals surface area contributed by atoms with Gasteiger partial charge < -0.3 is 19.1 Å². The Morgan fingerprint density at radius 2 is 1.85 bits per heavy atom. The topological polar surface area (TPSA) is 75.4 Å². The van der Waals surface area contributed by atoms with Gasteiger partial charge in [-0.25, -0.2) is 4.98 Å². The monoisotopic (exact) mass is 474 g/mol. The fourth-order valence-electron chi connectivity index (χ4n) is 5.35. The van der Waals surface area contributed by atoms with Crippen molar-refractivity contribution < 1.29 is 18.6 Å². The second-order valence-electron chi connectivity index (χ2n) is 9.65. The quantitative estimate of drug-likeness (QED) is 0.389. The largest absolute Gasteiger partial charge is 0.508 e. The smallest absolute Gasteiger partial charge is 0.254 e. The maximum Gasteiger partial charge on any atom is 0.254 e. The third-order valence-electron chi connectivity index (χ3n) is 6.80. The third-order valence-corrected chi connectivity index (χ3v) is 7.93. The molecule has 172 valence electrons. The van der Waals surface area contributed by atoms with Crippen molar-refractivity contribution in [1.29, 1.82) is 0 Å². The first-order valence-corrected chi connectivity index (χ1v) is 14.0. The van der Waals surface area contributed by atoms with Gasteiger partial charge >= 0.3 is 0 Å². The number of carbonyl (C=O) groups excluding carboxylic acids is 1. The van der Waals surface area contributed by atoms with Crippen LogP contribution in [0.2, 0.25) is 0 Å². The Morgan fingerprint density at radius 1 is 1.09 bits per heavy atom. The molecular formula is C27H26N3O3P. The number of carbonyl (C=O) groups is 1. The molecule has 0 spiro atoms. The second-order valence-corrected chi connectivity index (χ2v) is 13.1. The highest BCUT2D eigenvalue weighted by Crippen LogP contribution is 2.49. The number of rotatable bonds is 3. The molecule has 0 saturated heterocycles. The maximum atomic E-state index is 13.4. The fraction of sp³-hybridized carbons (Fsp3) is 0.259. The molecule has 0 radical (unpaired) electrons. The molecule has 7 heteroatoms. The van der Waals surface area contributed by atoms with Gasteiger partial charge in [0.05, 0.1) is 30.3 Å². The SMILES string of the molecule is [2H]C([2H])([2H])N1C(=O)c2cccc(O)c2[C@H]2C[C@@H]1c1nc3ccc(-c4ccc(CP(C)(C)=O)cc4)cc3n12. The fourth-order valence-corrected chi connectivity index (χ4v) is 6.44. The highest BCUT2D eigenvalue weighted by atomic mass is 31.2. The van der Waals surface area contributed by atoms with E-state index in [0.29, 0.717) is 29.5 Å². The number of benzene rings is 3. The van der Waals surface area contributed by atoms with Crippen LogP contribution in [0, 0.1) is 0 Å². The molecule has 6 rings (SSSR count). The summed E-state index contributed by atoms with van der Waals surface area (Å²) in [7, 11) is -2.17. The molecule has 2 aliphatic heterocycles. The van der Waals surface area contributed by atoms with Crippen LogP contribution in [0.4, 0.5) is 0 Å². The van der Waals surface area contributed by atoms with Gasteiger partial charge in [-0.05, 0) is 54.3 Å². The predicted molar refractivity (Wildman–Crippen MR) is 134 cm³/mol. The highest BCUT2D eigenvalue weighted by molar-refractivity contribution is 7.61.